The van der Waals surface area contributed by atoms with Crippen LogP contribution in [0, 0.1) is 12.3 Å². The van der Waals surface area contributed by atoms with E-state index in [1.165, 1.54) is 0 Å². The molecule has 1 saturated carbocycles. The molecule has 1 aromatic rings. The molecule has 0 atom stereocenters. The van der Waals surface area contributed by atoms with Gasteiger partial charge >= 0.3 is 0 Å². The average molecular weight is 313 g/mol. The van der Waals surface area contributed by atoms with Crippen molar-refractivity contribution in [1.82, 2.24) is 4.72 Å². The number of hydrogen-bond donors (Lipinski definition) is 2. The Labute approximate surface area is 126 Å². The Morgan fingerprint density at radius 3 is 2.52 bits per heavy atom. The maximum Gasteiger partial charge on any atom is 0.240 e. The van der Waals surface area contributed by atoms with E-state index < -0.39 is 10.0 Å². The molecule has 2 N–H and O–H groups in total. The minimum absolute atomic E-state index is 0.0235. The lowest BCUT2D eigenvalue weighted by molar-refractivity contribution is 0.213. The summed E-state index contributed by atoms with van der Waals surface area (Å²) in [4.78, 5) is 0.227. The van der Waals surface area contributed by atoms with E-state index in [4.69, 9.17) is 4.74 Å². The number of aliphatic hydroxyl groups excluding tert-OH is 1. The molecule has 0 heterocycles. The van der Waals surface area contributed by atoms with Gasteiger partial charge in [0.25, 0.3) is 0 Å². The van der Waals surface area contributed by atoms with Gasteiger partial charge in [-0.3, -0.25) is 0 Å². The van der Waals surface area contributed by atoms with Crippen LogP contribution in [-0.2, 0) is 10.0 Å². The molecule has 5 nitrogen and oxygen atoms in total. The second-order valence-electron chi connectivity index (χ2n) is 6.08. The molecule has 0 radical (unpaired) electrons. The van der Waals surface area contributed by atoms with Crippen molar-refractivity contribution >= 4 is 10.0 Å². The summed E-state index contributed by atoms with van der Waals surface area (Å²) in [5.74, 6) is 0.693. The molecule has 0 spiro atoms. The first-order valence-electron chi connectivity index (χ1n) is 7.16. The fourth-order valence-corrected chi connectivity index (χ4v) is 3.32. The Kier molecular flexibility index (Phi) is 4.60. The van der Waals surface area contributed by atoms with Gasteiger partial charge in [0.05, 0.1) is 11.0 Å². The van der Waals surface area contributed by atoms with Gasteiger partial charge in [0, 0.05) is 18.6 Å². The molecule has 118 valence electrons. The highest BCUT2D eigenvalue weighted by Crippen LogP contribution is 2.44. The lowest BCUT2D eigenvalue weighted by atomic mass is 10.1. The maximum absolute atomic E-state index is 12.3. The SMILES string of the molecule is Cc1cc(S(=O)(=O)NCC2(CO)CC2)ccc1OC(C)C. The van der Waals surface area contributed by atoms with Crippen molar-refractivity contribution in [3.8, 4) is 5.75 Å². The molecular formula is C15H23NO4S. The minimum atomic E-state index is -3.55. The lowest BCUT2D eigenvalue weighted by Crippen LogP contribution is -2.32. The zero-order chi connectivity index (χ0) is 15.7. The summed E-state index contributed by atoms with van der Waals surface area (Å²) in [6.45, 7) is 5.99. The highest BCUT2D eigenvalue weighted by atomic mass is 32.2. The van der Waals surface area contributed by atoms with E-state index in [-0.39, 0.29) is 29.6 Å². The molecule has 1 aliphatic carbocycles. The molecule has 21 heavy (non-hydrogen) atoms. The van der Waals surface area contributed by atoms with Crippen LogP contribution in [0.3, 0.4) is 0 Å². The van der Waals surface area contributed by atoms with Crippen molar-refractivity contribution in [2.45, 2.75) is 44.6 Å². The summed E-state index contributed by atoms with van der Waals surface area (Å²) < 4.78 is 32.7. The third-order valence-corrected chi connectivity index (χ3v) is 5.15. The van der Waals surface area contributed by atoms with Gasteiger partial charge in [0.1, 0.15) is 5.75 Å². The van der Waals surface area contributed by atoms with Gasteiger partial charge in [-0.1, -0.05) is 0 Å². The van der Waals surface area contributed by atoms with Crippen molar-refractivity contribution in [2.75, 3.05) is 13.2 Å². The number of benzene rings is 1. The van der Waals surface area contributed by atoms with Crippen LogP contribution >= 0.6 is 0 Å². The monoisotopic (exact) mass is 313 g/mol. The molecule has 0 saturated heterocycles. The number of sulfonamides is 1. The largest absolute Gasteiger partial charge is 0.491 e. The van der Waals surface area contributed by atoms with Crippen LogP contribution in [0.2, 0.25) is 0 Å². The van der Waals surface area contributed by atoms with Gasteiger partial charge in [-0.15, -0.1) is 0 Å². The van der Waals surface area contributed by atoms with E-state index in [1.807, 2.05) is 20.8 Å². The first-order valence-corrected chi connectivity index (χ1v) is 8.64. The smallest absolute Gasteiger partial charge is 0.240 e. The Hall–Kier alpha value is -1.11. The standard InChI is InChI=1S/C15H23NO4S/c1-11(2)20-14-5-4-13(8-12(14)3)21(18,19)16-9-15(10-17)6-7-15/h4-5,8,11,16-17H,6-7,9-10H2,1-3H3. The molecule has 0 aliphatic heterocycles. The summed E-state index contributed by atoms with van der Waals surface area (Å²) in [5, 5.41) is 9.24. The molecular weight excluding hydrogens is 290 g/mol. The topological polar surface area (TPSA) is 75.6 Å². The second kappa shape index (κ2) is 5.94. The van der Waals surface area contributed by atoms with Crippen LogP contribution in [0.4, 0.5) is 0 Å². The third-order valence-electron chi connectivity index (χ3n) is 3.75. The van der Waals surface area contributed by atoms with E-state index in [1.54, 1.807) is 18.2 Å². The van der Waals surface area contributed by atoms with Gasteiger partial charge in [-0.25, -0.2) is 13.1 Å². The number of aliphatic hydroxyl groups is 1. The van der Waals surface area contributed by atoms with Crippen molar-refractivity contribution in [1.29, 1.82) is 0 Å². The van der Waals surface area contributed by atoms with Crippen LogP contribution in [0.15, 0.2) is 23.1 Å². The molecule has 0 amide bonds. The highest BCUT2D eigenvalue weighted by Gasteiger charge is 2.42. The van der Waals surface area contributed by atoms with Crippen LogP contribution < -0.4 is 9.46 Å². The van der Waals surface area contributed by atoms with Gasteiger partial charge in [-0.2, -0.15) is 0 Å². The number of aryl methyl sites for hydroxylation is 1. The van der Waals surface area contributed by atoms with Crippen LogP contribution in [0.25, 0.3) is 0 Å². The van der Waals surface area contributed by atoms with Gasteiger partial charge in [0.15, 0.2) is 0 Å². The Morgan fingerprint density at radius 1 is 1.38 bits per heavy atom. The fraction of sp³-hybridized carbons (Fsp3) is 0.600. The van der Waals surface area contributed by atoms with E-state index in [0.29, 0.717) is 5.75 Å². The fourth-order valence-electron chi connectivity index (χ4n) is 2.07. The molecule has 1 fully saturated rings. The van der Waals surface area contributed by atoms with E-state index >= 15 is 0 Å². The summed E-state index contributed by atoms with van der Waals surface area (Å²) in [5.41, 5.74) is 0.540. The van der Waals surface area contributed by atoms with E-state index in [9.17, 15) is 13.5 Å². The molecule has 1 aromatic carbocycles. The predicted octanol–water partition coefficient (Wildman–Crippen LogP) is 1.83. The zero-order valence-electron chi connectivity index (χ0n) is 12.7. The Bertz CT molecular complexity index is 606. The van der Waals surface area contributed by atoms with Crippen molar-refractivity contribution in [2.24, 2.45) is 5.41 Å². The highest BCUT2D eigenvalue weighted by molar-refractivity contribution is 7.89. The summed E-state index contributed by atoms with van der Waals surface area (Å²) in [6, 6.07) is 4.84. The average Bonchev–Trinajstić information content (AvgIpc) is 3.19. The third kappa shape index (κ3) is 3.96. The zero-order valence-corrected chi connectivity index (χ0v) is 13.5. The molecule has 1 aliphatic rings. The van der Waals surface area contributed by atoms with Gasteiger partial charge < -0.3 is 9.84 Å². The summed E-state index contributed by atoms with van der Waals surface area (Å²) in [6.07, 6.45) is 1.78. The number of rotatable bonds is 7. The molecule has 0 bridgehead atoms. The van der Waals surface area contributed by atoms with Crippen LogP contribution in [0.5, 0.6) is 5.75 Å². The maximum atomic E-state index is 12.3. The first-order chi connectivity index (χ1) is 9.78. The van der Waals surface area contributed by atoms with Crippen LogP contribution in [0.1, 0.15) is 32.3 Å². The number of ether oxygens (including phenoxy) is 1. The second-order valence-corrected chi connectivity index (χ2v) is 7.84. The normalized spacial score (nSPS) is 17.0. The van der Waals surface area contributed by atoms with Gasteiger partial charge in [0.2, 0.25) is 10.0 Å². The lowest BCUT2D eigenvalue weighted by Gasteiger charge is -2.15. The number of nitrogens with one attached hydrogen (secondary N) is 1. The first kappa shape index (κ1) is 16.3. The van der Waals surface area contributed by atoms with Gasteiger partial charge in [-0.05, 0) is 57.4 Å². The molecule has 0 unspecified atom stereocenters. The van der Waals surface area contributed by atoms with Crippen molar-refractivity contribution in [3.05, 3.63) is 23.8 Å². The molecule has 0 aromatic heterocycles. The van der Waals surface area contributed by atoms with E-state index in [2.05, 4.69) is 4.72 Å². The summed E-state index contributed by atoms with van der Waals surface area (Å²) >= 11 is 0. The quantitative estimate of drug-likeness (QED) is 0.805. The Balaban J connectivity index is 2.11. The van der Waals surface area contributed by atoms with Crippen molar-refractivity contribution in [3.63, 3.8) is 0 Å². The van der Waals surface area contributed by atoms with Crippen LogP contribution in [-0.4, -0.2) is 32.8 Å². The summed E-state index contributed by atoms with van der Waals surface area (Å²) in [7, 11) is -3.55. The predicted molar refractivity (Wildman–Crippen MR) is 80.9 cm³/mol. The molecule has 6 heteroatoms. The van der Waals surface area contributed by atoms with Crippen molar-refractivity contribution < 1.29 is 18.3 Å². The van der Waals surface area contributed by atoms with E-state index in [0.717, 1.165) is 18.4 Å². The Morgan fingerprint density at radius 2 is 2.05 bits per heavy atom. The number of hydrogen-bond acceptors (Lipinski definition) is 4. The minimum Gasteiger partial charge on any atom is -0.491 e. The molecule has 2 rings (SSSR count).